The van der Waals surface area contributed by atoms with Gasteiger partial charge >= 0.3 is 0 Å². The number of nitrogens with zero attached hydrogens (tertiary/aromatic N) is 4. The number of carbonyl (C=O) groups is 1. The molecule has 1 amide bonds. The zero-order valence-corrected chi connectivity index (χ0v) is 15.4. The highest BCUT2D eigenvalue weighted by atomic mass is 16.5. The Hall–Kier alpha value is -3.98. The Kier molecular flexibility index (Phi) is 5.04. The van der Waals surface area contributed by atoms with E-state index in [1.165, 1.54) is 6.33 Å². The van der Waals surface area contributed by atoms with E-state index in [4.69, 9.17) is 16.2 Å². The van der Waals surface area contributed by atoms with E-state index >= 15 is 0 Å². The number of primary amides is 1. The lowest BCUT2D eigenvalue weighted by Crippen LogP contribution is -2.10. The fourth-order valence-corrected chi connectivity index (χ4v) is 2.87. The number of anilines is 2. The van der Waals surface area contributed by atoms with Crippen LogP contribution in [0.3, 0.4) is 0 Å². The van der Waals surface area contributed by atoms with E-state index in [0.29, 0.717) is 30.3 Å². The molecule has 0 radical (unpaired) electrons. The van der Waals surface area contributed by atoms with Crippen LogP contribution in [0.4, 0.5) is 11.5 Å². The molecule has 29 heavy (non-hydrogen) atoms. The number of rotatable bonds is 7. The van der Waals surface area contributed by atoms with Gasteiger partial charge in [-0.05, 0) is 36.4 Å². The van der Waals surface area contributed by atoms with Gasteiger partial charge in [0.25, 0.3) is 5.78 Å². The first-order valence-corrected chi connectivity index (χ1v) is 8.95. The van der Waals surface area contributed by atoms with Crippen LogP contribution < -0.4 is 21.5 Å². The zero-order chi connectivity index (χ0) is 20.2. The van der Waals surface area contributed by atoms with Gasteiger partial charge in [-0.2, -0.15) is 19.6 Å². The van der Waals surface area contributed by atoms with E-state index in [1.807, 2.05) is 30.3 Å². The fraction of sp³-hybridized carbons (Fsp3) is 0.100. The molecule has 9 heteroatoms. The summed E-state index contributed by atoms with van der Waals surface area (Å²) in [5.41, 5.74) is 13.7. The molecular formula is C20H19N7O2. The number of hydrogen-bond acceptors (Lipinski definition) is 7. The van der Waals surface area contributed by atoms with Gasteiger partial charge in [0, 0.05) is 29.4 Å². The molecule has 4 aromatic rings. The van der Waals surface area contributed by atoms with Crippen LogP contribution >= 0.6 is 0 Å². The van der Waals surface area contributed by atoms with Crippen molar-refractivity contribution in [3.8, 4) is 17.0 Å². The summed E-state index contributed by atoms with van der Waals surface area (Å²) < 4.78 is 7.28. The van der Waals surface area contributed by atoms with Gasteiger partial charge in [0.05, 0.1) is 5.69 Å². The third-order valence-corrected chi connectivity index (χ3v) is 4.21. The Morgan fingerprint density at radius 2 is 1.97 bits per heavy atom. The van der Waals surface area contributed by atoms with Gasteiger partial charge in [0.2, 0.25) is 5.91 Å². The monoisotopic (exact) mass is 389 g/mol. The molecule has 0 atom stereocenters. The number of ether oxygens (including phenoxy) is 1. The fourth-order valence-electron chi connectivity index (χ4n) is 2.87. The van der Waals surface area contributed by atoms with E-state index in [1.54, 1.807) is 28.8 Å². The lowest BCUT2D eigenvalue weighted by molar-refractivity contribution is 0.100. The predicted molar refractivity (Wildman–Crippen MR) is 109 cm³/mol. The zero-order valence-electron chi connectivity index (χ0n) is 15.4. The molecule has 0 spiro atoms. The molecule has 146 valence electrons. The quantitative estimate of drug-likeness (QED) is 0.440. The summed E-state index contributed by atoms with van der Waals surface area (Å²) in [7, 11) is 0. The molecule has 2 aromatic carbocycles. The van der Waals surface area contributed by atoms with Gasteiger partial charge in [0.15, 0.2) is 0 Å². The maximum absolute atomic E-state index is 11.2. The lowest BCUT2D eigenvalue weighted by atomic mass is 10.1. The molecule has 2 heterocycles. The largest absolute Gasteiger partial charge is 0.492 e. The second kappa shape index (κ2) is 7.95. The van der Waals surface area contributed by atoms with Crippen molar-refractivity contribution in [3.63, 3.8) is 0 Å². The van der Waals surface area contributed by atoms with Crippen molar-refractivity contribution in [1.82, 2.24) is 19.6 Å². The van der Waals surface area contributed by atoms with E-state index in [0.717, 1.165) is 22.7 Å². The SMILES string of the molecule is NCCOc1cccc(-c2cc(Nc3ccc(C(N)=O)cc3)nc3ncnn23)c1. The van der Waals surface area contributed by atoms with Crippen molar-refractivity contribution in [2.45, 2.75) is 0 Å². The standard InChI is InChI=1S/C20H19N7O2/c21-8-9-29-16-3-1-2-14(10-16)17-11-18(26-20-23-12-24-27(17)20)25-15-6-4-13(5-7-15)19(22)28/h1-7,10-12H,8-9,21H2,(H2,22,28)(H,23,24,25,26). The Morgan fingerprint density at radius 3 is 2.72 bits per heavy atom. The van der Waals surface area contributed by atoms with Crippen LogP contribution in [0.15, 0.2) is 60.9 Å². The van der Waals surface area contributed by atoms with Crippen LogP contribution in [0.25, 0.3) is 17.0 Å². The van der Waals surface area contributed by atoms with Crippen LogP contribution in [0.5, 0.6) is 5.75 Å². The molecule has 2 aromatic heterocycles. The molecule has 4 rings (SSSR count). The summed E-state index contributed by atoms with van der Waals surface area (Å²) in [6.45, 7) is 0.877. The minimum Gasteiger partial charge on any atom is -0.492 e. The Balaban J connectivity index is 1.70. The van der Waals surface area contributed by atoms with E-state index in [9.17, 15) is 4.79 Å². The summed E-state index contributed by atoms with van der Waals surface area (Å²) in [6, 6.07) is 16.3. The molecule has 0 aliphatic heterocycles. The number of nitrogens with one attached hydrogen (secondary N) is 1. The molecule has 0 bridgehead atoms. The highest BCUT2D eigenvalue weighted by molar-refractivity contribution is 5.93. The summed E-state index contributed by atoms with van der Waals surface area (Å²) in [5, 5.41) is 7.49. The smallest absolute Gasteiger partial charge is 0.254 e. The van der Waals surface area contributed by atoms with Gasteiger partial charge in [-0.15, -0.1) is 0 Å². The molecule has 0 saturated carbocycles. The molecule has 0 aliphatic rings. The Labute approximate surface area is 166 Å². The number of carbonyl (C=O) groups excluding carboxylic acids is 1. The summed E-state index contributed by atoms with van der Waals surface area (Å²) >= 11 is 0. The molecule has 5 N–H and O–H groups in total. The Bertz CT molecular complexity index is 1160. The van der Waals surface area contributed by atoms with Gasteiger partial charge in [-0.1, -0.05) is 12.1 Å². The minimum atomic E-state index is -0.474. The average Bonchev–Trinajstić information content (AvgIpc) is 3.21. The second-order valence-corrected chi connectivity index (χ2v) is 6.23. The number of amides is 1. The summed E-state index contributed by atoms with van der Waals surface area (Å²) in [4.78, 5) is 19.9. The maximum Gasteiger partial charge on any atom is 0.254 e. The van der Waals surface area contributed by atoms with E-state index in [2.05, 4.69) is 20.4 Å². The predicted octanol–water partition coefficient (Wildman–Crippen LogP) is 1.97. The number of fused-ring (bicyclic) bond motifs is 1. The van der Waals surface area contributed by atoms with Gasteiger partial charge in [-0.3, -0.25) is 4.79 Å². The first-order chi connectivity index (χ1) is 14.1. The van der Waals surface area contributed by atoms with Crippen molar-refractivity contribution in [1.29, 1.82) is 0 Å². The van der Waals surface area contributed by atoms with Crippen LogP contribution in [-0.4, -0.2) is 38.6 Å². The first kappa shape index (κ1) is 18.4. The highest BCUT2D eigenvalue weighted by Crippen LogP contribution is 2.27. The van der Waals surface area contributed by atoms with Crippen LogP contribution in [0.1, 0.15) is 10.4 Å². The average molecular weight is 389 g/mol. The second-order valence-electron chi connectivity index (χ2n) is 6.23. The van der Waals surface area contributed by atoms with Gasteiger partial charge in [-0.25, -0.2) is 0 Å². The first-order valence-electron chi connectivity index (χ1n) is 8.95. The Morgan fingerprint density at radius 1 is 1.14 bits per heavy atom. The molecular weight excluding hydrogens is 370 g/mol. The number of benzene rings is 2. The molecule has 9 nitrogen and oxygen atoms in total. The number of hydrogen-bond donors (Lipinski definition) is 3. The van der Waals surface area contributed by atoms with Gasteiger partial charge < -0.3 is 21.5 Å². The van der Waals surface area contributed by atoms with Crippen molar-refractivity contribution in [2.24, 2.45) is 11.5 Å². The summed E-state index contributed by atoms with van der Waals surface area (Å²) in [5.74, 6) is 1.28. The molecule has 0 saturated heterocycles. The van der Waals surface area contributed by atoms with Crippen LogP contribution in [0.2, 0.25) is 0 Å². The van der Waals surface area contributed by atoms with Crippen LogP contribution in [-0.2, 0) is 0 Å². The van der Waals surface area contributed by atoms with Crippen LogP contribution in [0, 0.1) is 0 Å². The topological polar surface area (TPSA) is 133 Å². The van der Waals surface area contributed by atoms with E-state index in [-0.39, 0.29) is 0 Å². The third kappa shape index (κ3) is 3.99. The third-order valence-electron chi connectivity index (χ3n) is 4.21. The summed E-state index contributed by atoms with van der Waals surface area (Å²) in [6.07, 6.45) is 1.45. The van der Waals surface area contributed by atoms with Crippen molar-refractivity contribution in [3.05, 3.63) is 66.5 Å². The van der Waals surface area contributed by atoms with Gasteiger partial charge in [0.1, 0.15) is 24.5 Å². The normalized spacial score (nSPS) is 10.8. The van der Waals surface area contributed by atoms with E-state index < -0.39 is 5.91 Å². The van der Waals surface area contributed by atoms with Crippen molar-refractivity contribution >= 4 is 23.2 Å². The molecule has 0 fully saturated rings. The van der Waals surface area contributed by atoms with Crippen molar-refractivity contribution in [2.75, 3.05) is 18.5 Å². The van der Waals surface area contributed by atoms with Crippen molar-refractivity contribution < 1.29 is 9.53 Å². The molecule has 0 aliphatic carbocycles. The number of nitrogens with two attached hydrogens (primary N) is 2. The molecule has 0 unspecified atom stereocenters. The maximum atomic E-state index is 11.2. The number of aromatic nitrogens is 4. The lowest BCUT2D eigenvalue weighted by Gasteiger charge is -2.11. The highest BCUT2D eigenvalue weighted by Gasteiger charge is 2.11. The minimum absolute atomic E-state index is 0.436.